The summed E-state index contributed by atoms with van der Waals surface area (Å²) in [5.41, 5.74) is 6.52. The Kier molecular flexibility index (Phi) is 3.39. The topological polar surface area (TPSA) is 63.8 Å². The van der Waals surface area contributed by atoms with E-state index in [4.69, 9.17) is 17.3 Å². The van der Waals surface area contributed by atoms with Gasteiger partial charge in [-0.2, -0.15) is 5.10 Å². The molecular weight excluding hydrogens is 243 g/mol. The molecule has 0 radical (unpaired) electrons. The summed E-state index contributed by atoms with van der Waals surface area (Å²) in [4.78, 5) is 0. The third-order valence-corrected chi connectivity index (χ3v) is 2.55. The van der Waals surface area contributed by atoms with Crippen LogP contribution in [-0.2, 0) is 6.54 Å². The fourth-order valence-electron chi connectivity index (χ4n) is 1.33. The molecule has 6 heteroatoms. The third kappa shape index (κ3) is 2.62. The molecule has 0 aliphatic heterocycles. The Morgan fingerprint density at radius 1 is 1.35 bits per heavy atom. The van der Waals surface area contributed by atoms with Crippen molar-refractivity contribution in [2.75, 3.05) is 11.1 Å². The van der Waals surface area contributed by atoms with Crippen LogP contribution in [0.4, 0.5) is 15.9 Å². The normalized spacial score (nSPS) is 10.2. The first-order valence-electron chi connectivity index (χ1n) is 4.92. The van der Waals surface area contributed by atoms with Gasteiger partial charge in [-0.15, -0.1) is 5.10 Å². The minimum Gasteiger partial charge on any atom is -0.394 e. The first-order valence-corrected chi connectivity index (χ1v) is 5.30. The van der Waals surface area contributed by atoms with E-state index in [1.807, 2.05) is 0 Å². The van der Waals surface area contributed by atoms with E-state index in [1.54, 1.807) is 18.2 Å². The molecule has 0 saturated heterocycles. The minimum atomic E-state index is -0.284. The van der Waals surface area contributed by atoms with Crippen LogP contribution in [0, 0.1) is 5.82 Å². The van der Waals surface area contributed by atoms with Gasteiger partial charge in [-0.25, -0.2) is 4.39 Å². The summed E-state index contributed by atoms with van der Waals surface area (Å²) in [6.45, 7) is 0.270. The summed E-state index contributed by atoms with van der Waals surface area (Å²) >= 11 is 5.79. The van der Waals surface area contributed by atoms with Gasteiger partial charge in [-0.3, -0.25) is 0 Å². The van der Waals surface area contributed by atoms with E-state index in [1.165, 1.54) is 12.3 Å². The van der Waals surface area contributed by atoms with Crippen molar-refractivity contribution in [3.8, 4) is 0 Å². The Labute approximate surface area is 103 Å². The monoisotopic (exact) mass is 252 g/mol. The van der Waals surface area contributed by atoms with Crippen molar-refractivity contribution in [3.05, 3.63) is 46.9 Å². The molecule has 0 atom stereocenters. The second-order valence-corrected chi connectivity index (χ2v) is 3.81. The summed E-state index contributed by atoms with van der Waals surface area (Å²) in [6, 6.07) is 6.46. The lowest BCUT2D eigenvalue weighted by atomic mass is 10.2. The van der Waals surface area contributed by atoms with Crippen LogP contribution in [-0.4, -0.2) is 10.2 Å². The Balaban J connectivity index is 2.13. The van der Waals surface area contributed by atoms with E-state index >= 15 is 0 Å². The molecule has 2 aromatic rings. The van der Waals surface area contributed by atoms with Crippen molar-refractivity contribution >= 4 is 23.1 Å². The van der Waals surface area contributed by atoms with Crippen LogP contribution in [0.25, 0.3) is 0 Å². The fraction of sp³-hybridized carbons (Fsp3) is 0.0909. The number of anilines is 2. The molecule has 88 valence electrons. The number of aromatic nitrogens is 2. The average Bonchev–Trinajstić information content (AvgIpc) is 2.33. The fourth-order valence-corrected chi connectivity index (χ4v) is 1.46. The number of halogens is 2. The van der Waals surface area contributed by atoms with E-state index in [0.29, 0.717) is 22.1 Å². The van der Waals surface area contributed by atoms with Crippen LogP contribution in [0.2, 0.25) is 5.02 Å². The molecule has 17 heavy (non-hydrogen) atoms. The van der Waals surface area contributed by atoms with Gasteiger partial charge in [0.1, 0.15) is 5.82 Å². The predicted molar refractivity (Wildman–Crippen MR) is 65.2 cm³/mol. The molecule has 1 aromatic heterocycles. The Morgan fingerprint density at radius 2 is 2.12 bits per heavy atom. The van der Waals surface area contributed by atoms with Gasteiger partial charge in [-0.05, 0) is 6.07 Å². The molecule has 1 aromatic carbocycles. The maximum Gasteiger partial charge on any atom is 0.173 e. The molecule has 4 nitrogen and oxygen atoms in total. The highest BCUT2D eigenvalue weighted by molar-refractivity contribution is 6.33. The quantitative estimate of drug-likeness (QED) is 0.881. The van der Waals surface area contributed by atoms with Crippen LogP contribution in [0.15, 0.2) is 30.5 Å². The van der Waals surface area contributed by atoms with Crippen molar-refractivity contribution in [2.24, 2.45) is 0 Å². The zero-order chi connectivity index (χ0) is 12.3. The maximum atomic E-state index is 13.3. The SMILES string of the molecule is Nc1c(Cl)cnnc1NCc1ccccc1F. The number of nitrogens with zero attached hydrogens (tertiary/aromatic N) is 2. The molecule has 0 fully saturated rings. The highest BCUT2D eigenvalue weighted by atomic mass is 35.5. The molecule has 0 amide bonds. The molecule has 0 spiro atoms. The first-order chi connectivity index (χ1) is 8.18. The van der Waals surface area contributed by atoms with E-state index < -0.39 is 0 Å². The Bertz CT molecular complexity index is 533. The smallest absolute Gasteiger partial charge is 0.173 e. The van der Waals surface area contributed by atoms with Gasteiger partial charge in [0.25, 0.3) is 0 Å². The van der Waals surface area contributed by atoms with Crippen LogP contribution in [0.5, 0.6) is 0 Å². The van der Waals surface area contributed by atoms with Gasteiger partial charge in [0.2, 0.25) is 0 Å². The molecule has 0 unspecified atom stereocenters. The number of hydrogen-bond acceptors (Lipinski definition) is 4. The molecule has 0 saturated carbocycles. The summed E-state index contributed by atoms with van der Waals surface area (Å²) in [5, 5.41) is 10.7. The molecule has 2 rings (SSSR count). The second-order valence-electron chi connectivity index (χ2n) is 3.40. The summed E-state index contributed by atoms with van der Waals surface area (Å²) in [6.07, 6.45) is 1.35. The van der Waals surface area contributed by atoms with Crippen molar-refractivity contribution < 1.29 is 4.39 Å². The van der Waals surface area contributed by atoms with Crippen molar-refractivity contribution in [1.82, 2.24) is 10.2 Å². The Morgan fingerprint density at radius 3 is 2.88 bits per heavy atom. The van der Waals surface area contributed by atoms with Gasteiger partial charge >= 0.3 is 0 Å². The molecule has 3 N–H and O–H groups in total. The lowest BCUT2D eigenvalue weighted by Gasteiger charge is -2.08. The van der Waals surface area contributed by atoms with Gasteiger partial charge < -0.3 is 11.1 Å². The van der Waals surface area contributed by atoms with Crippen molar-refractivity contribution in [1.29, 1.82) is 0 Å². The van der Waals surface area contributed by atoms with Crippen LogP contribution in [0.3, 0.4) is 0 Å². The Hall–Kier alpha value is -1.88. The van der Waals surface area contributed by atoms with Gasteiger partial charge in [0.05, 0.1) is 16.9 Å². The number of benzene rings is 1. The standard InChI is InChI=1S/C11H10ClFN4/c12-8-6-16-17-11(10(8)14)15-5-7-3-1-2-4-9(7)13/h1-4,6H,5H2,(H2,14,16)(H,15,17). The summed E-state index contributed by atoms with van der Waals surface area (Å²) in [5.74, 6) is 0.0642. The molecule has 0 aliphatic carbocycles. The zero-order valence-electron chi connectivity index (χ0n) is 8.82. The number of nitrogen functional groups attached to an aromatic ring is 1. The molecule has 1 heterocycles. The third-order valence-electron chi connectivity index (χ3n) is 2.25. The van der Waals surface area contributed by atoms with E-state index in [0.717, 1.165) is 0 Å². The maximum absolute atomic E-state index is 13.3. The number of nitrogens with one attached hydrogen (secondary N) is 1. The van der Waals surface area contributed by atoms with Gasteiger partial charge in [0, 0.05) is 12.1 Å². The van der Waals surface area contributed by atoms with Crippen LogP contribution in [0.1, 0.15) is 5.56 Å². The predicted octanol–water partition coefficient (Wildman–Crippen LogP) is 2.46. The number of hydrogen-bond donors (Lipinski definition) is 2. The summed E-state index contributed by atoms with van der Waals surface area (Å²) in [7, 11) is 0. The highest BCUT2D eigenvalue weighted by Gasteiger charge is 2.06. The van der Waals surface area contributed by atoms with E-state index in [9.17, 15) is 4.39 Å². The largest absolute Gasteiger partial charge is 0.394 e. The number of nitrogens with two attached hydrogens (primary N) is 1. The number of rotatable bonds is 3. The average molecular weight is 253 g/mol. The van der Waals surface area contributed by atoms with E-state index in [2.05, 4.69) is 15.5 Å². The van der Waals surface area contributed by atoms with Crippen LogP contribution < -0.4 is 11.1 Å². The lowest BCUT2D eigenvalue weighted by Crippen LogP contribution is -2.07. The zero-order valence-corrected chi connectivity index (χ0v) is 9.58. The van der Waals surface area contributed by atoms with Gasteiger partial charge in [-0.1, -0.05) is 29.8 Å². The van der Waals surface area contributed by atoms with Crippen LogP contribution >= 0.6 is 11.6 Å². The van der Waals surface area contributed by atoms with Crippen molar-refractivity contribution in [3.63, 3.8) is 0 Å². The van der Waals surface area contributed by atoms with E-state index in [-0.39, 0.29) is 12.4 Å². The lowest BCUT2D eigenvalue weighted by molar-refractivity contribution is 0.613. The second kappa shape index (κ2) is 4.97. The van der Waals surface area contributed by atoms with Gasteiger partial charge in [0.15, 0.2) is 5.82 Å². The minimum absolute atomic E-state index is 0.270. The summed E-state index contributed by atoms with van der Waals surface area (Å²) < 4.78 is 13.3. The first kappa shape index (κ1) is 11.6. The molecular formula is C11H10ClFN4. The molecule has 0 bridgehead atoms. The van der Waals surface area contributed by atoms with Crippen molar-refractivity contribution in [2.45, 2.75) is 6.54 Å². The molecule has 0 aliphatic rings. The highest BCUT2D eigenvalue weighted by Crippen LogP contribution is 2.23.